The van der Waals surface area contributed by atoms with Gasteiger partial charge in [-0.1, -0.05) is 0 Å². The first-order valence-corrected chi connectivity index (χ1v) is 3.61. The topological polar surface area (TPSA) is 67.2 Å². The molecule has 4 nitrogen and oxygen atoms in total. The number of nitrogens with two attached hydrogens (primary N) is 1. The van der Waals surface area contributed by atoms with Gasteiger partial charge in [-0.05, 0) is 6.92 Å². The van der Waals surface area contributed by atoms with Gasteiger partial charge in [-0.15, -0.1) is 0 Å². The van der Waals surface area contributed by atoms with E-state index in [0.29, 0.717) is 6.54 Å². The summed E-state index contributed by atoms with van der Waals surface area (Å²) in [6.45, 7) is 0.607. The Hall–Kier alpha value is -0.910. The van der Waals surface area contributed by atoms with Gasteiger partial charge < -0.3 is 16.4 Å². The number of halogens is 2. The number of hydrogen-bond donors (Lipinski definition) is 3. The van der Waals surface area contributed by atoms with Crippen LogP contribution in [0.1, 0.15) is 6.92 Å². The minimum absolute atomic E-state index is 0.403. The molecule has 2 amide bonds. The highest BCUT2D eigenvalue weighted by Gasteiger charge is 2.26. The van der Waals surface area contributed by atoms with E-state index >= 15 is 0 Å². The lowest BCUT2D eigenvalue weighted by atomic mass is 10.3. The maximum Gasteiger partial charge on any atom is 0.314 e. The van der Waals surface area contributed by atoms with E-state index in [9.17, 15) is 13.6 Å². The fourth-order valence-electron chi connectivity index (χ4n) is 0.505. The van der Waals surface area contributed by atoms with Crippen LogP contribution in [-0.4, -0.2) is 31.6 Å². The second kappa shape index (κ2) is 4.87. The average molecular weight is 181 g/mol. The number of nitrogens with one attached hydrogen (secondary N) is 2. The first kappa shape index (κ1) is 11.1. The second-order valence-electron chi connectivity index (χ2n) is 2.27. The molecule has 0 bridgehead atoms. The van der Waals surface area contributed by atoms with E-state index in [-0.39, 0.29) is 0 Å². The van der Waals surface area contributed by atoms with Gasteiger partial charge in [-0.2, -0.15) is 0 Å². The fourth-order valence-corrected chi connectivity index (χ4v) is 0.505. The summed E-state index contributed by atoms with van der Waals surface area (Å²) in [6.07, 6.45) is 0. The molecule has 0 aromatic heterocycles. The zero-order valence-electron chi connectivity index (χ0n) is 6.86. The van der Waals surface area contributed by atoms with Crippen LogP contribution in [0.5, 0.6) is 0 Å². The molecule has 0 aliphatic heterocycles. The highest BCUT2D eigenvalue weighted by molar-refractivity contribution is 5.73. The van der Waals surface area contributed by atoms with Crippen LogP contribution in [-0.2, 0) is 0 Å². The molecule has 0 unspecified atom stereocenters. The molecule has 0 aliphatic carbocycles. The maximum atomic E-state index is 12.4. The normalized spacial score (nSPS) is 11.0. The number of rotatable bonds is 4. The molecule has 0 aliphatic rings. The van der Waals surface area contributed by atoms with E-state index in [2.05, 4.69) is 5.32 Å². The van der Waals surface area contributed by atoms with Gasteiger partial charge >= 0.3 is 6.03 Å². The molecule has 0 rings (SSSR count). The zero-order chi connectivity index (χ0) is 9.61. The molecule has 0 saturated heterocycles. The Labute approximate surface area is 69.5 Å². The van der Waals surface area contributed by atoms with E-state index in [1.165, 1.54) is 0 Å². The van der Waals surface area contributed by atoms with Crippen LogP contribution in [0.15, 0.2) is 0 Å². The van der Waals surface area contributed by atoms with Crippen molar-refractivity contribution in [1.82, 2.24) is 10.6 Å². The summed E-state index contributed by atoms with van der Waals surface area (Å²) in [5, 5.41) is 4.31. The van der Waals surface area contributed by atoms with E-state index in [4.69, 9.17) is 5.73 Å². The monoisotopic (exact) mass is 181 g/mol. The number of urea groups is 1. The summed E-state index contributed by atoms with van der Waals surface area (Å²) >= 11 is 0. The predicted octanol–water partition coefficient (Wildman–Crippen LogP) is -0.100. The van der Waals surface area contributed by atoms with Gasteiger partial charge in [0.2, 0.25) is 0 Å². The number of carbonyl (C=O) groups is 1. The summed E-state index contributed by atoms with van der Waals surface area (Å²) in [7, 11) is 0. The van der Waals surface area contributed by atoms with E-state index < -0.39 is 25.0 Å². The minimum Gasteiger partial charge on any atom is -0.338 e. The molecule has 0 fully saturated rings. The van der Waals surface area contributed by atoms with Gasteiger partial charge in [-0.25, -0.2) is 13.6 Å². The third-order valence-electron chi connectivity index (χ3n) is 1.14. The van der Waals surface area contributed by atoms with Crippen molar-refractivity contribution in [3.05, 3.63) is 0 Å². The van der Waals surface area contributed by atoms with Crippen LogP contribution >= 0.6 is 0 Å². The molecule has 0 heterocycles. The highest BCUT2D eigenvalue weighted by atomic mass is 19.3. The smallest absolute Gasteiger partial charge is 0.314 e. The van der Waals surface area contributed by atoms with Gasteiger partial charge in [-0.3, -0.25) is 0 Å². The van der Waals surface area contributed by atoms with Gasteiger partial charge in [0.1, 0.15) is 0 Å². The lowest BCUT2D eigenvalue weighted by molar-refractivity contribution is 0.0144. The van der Waals surface area contributed by atoms with Crippen molar-refractivity contribution in [1.29, 1.82) is 0 Å². The van der Waals surface area contributed by atoms with E-state index in [0.717, 1.165) is 0 Å². The van der Waals surface area contributed by atoms with Crippen LogP contribution in [0.25, 0.3) is 0 Å². The predicted molar refractivity (Wildman–Crippen MR) is 41.1 cm³/mol. The van der Waals surface area contributed by atoms with Crippen molar-refractivity contribution >= 4 is 6.03 Å². The molecule has 72 valence electrons. The summed E-state index contributed by atoms with van der Waals surface area (Å²) in [5.41, 5.74) is 4.74. The van der Waals surface area contributed by atoms with Gasteiger partial charge in [0.05, 0.1) is 13.1 Å². The van der Waals surface area contributed by atoms with Gasteiger partial charge in [0.15, 0.2) is 0 Å². The first-order valence-electron chi connectivity index (χ1n) is 3.61. The largest absolute Gasteiger partial charge is 0.338 e. The van der Waals surface area contributed by atoms with Gasteiger partial charge in [0.25, 0.3) is 5.92 Å². The maximum absolute atomic E-state index is 12.4. The molecule has 6 heteroatoms. The molecule has 12 heavy (non-hydrogen) atoms. The molecule has 0 atom stereocenters. The summed E-state index contributed by atoms with van der Waals surface area (Å²) in [4.78, 5) is 10.6. The molecule has 0 aromatic rings. The molecular formula is C6H13F2N3O. The van der Waals surface area contributed by atoms with Crippen LogP contribution in [0.4, 0.5) is 13.6 Å². The number of hydrogen-bond acceptors (Lipinski definition) is 2. The average Bonchev–Trinajstić information content (AvgIpc) is 2.02. The van der Waals surface area contributed by atoms with Gasteiger partial charge in [0, 0.05) is 6.54 Å². The fraction of sp³-hybridized carbons (Fsp3) is 0.833. The Morgan fingerprint density at radius 2 is 2.08 bits per heavy atom. The summed E-state index contributed by atoms with van der Waals surface area (Å²) < 4.78 is 24.8. The Bertz CT molecular complexity index is 152. The standard InChI is InChI=1S/C6H13F2N3O/c1-2-10-5(12)11-4-6(7,8)3-9/h2-4,9H2,1H3,(H2,10,11,12). The van der Waals surface area contributed by atoms with Crippen LogP contribution in [0, 0.1) is 0 Å². The van der Waals surface area contributed by atoms with E-state index in [1.54, 1.807) is 6.92 Å². The van der Waals surface area contributed by atoms with Crippen molar-refractivity contribution in [2.45, 2.75) is 12.8 Å². The Morgan fingerprint density at radius 3 is 2.50 bits per heavy atom. The Morgan fingerprint density at radius 1 is 1.50 bits per heavy atom. The van der Waals surface area contributed by atoms with Crippen LogP contribution in [0.2, 0.25) is 0 Å². The Balaban J connectivity index is 3.60. The molecule has 0 aromatic carbocycles. The summed E-state index contributed by atoms with van der Waals surface area (Å²) in [5.74, 6) is -3.02. The first-order chi connectivity index (χ1) is 5.52. The lowest BCUT2D eigenvalue weighted by Gasteiger charge is -2.14. The van der Waals surface area contributed by atoms with Crippen molar-refractivity contribution in [2.24, 2.45) is 5.73 Å². The van der Waals surface area contributed by atoms with Crippen molar-refractivity contribution < 1.29 is 13.6 Å². The number of alkyl halides is 2. The molecule has 0 saturated carbocycles. The van der Waals surface area contributed by atoms with Crippen LogP contribution < -0.4 is 16.4 Å². The SMILES string of the molecule is CCNC(=O)NCC(F)(F)CN. The lowest BCUT2D eigenvalue weighted by Crippen LogP contribution is -2.45. The Kier molecular flexibility index (Phi) is 4.50. The van der Waals surface area contributed by atoms with Crippen molar-refractivity contribution in [3.8, 4) is 0 Å². The molecule has 0 spiro atoms. The van der Waals surface area contributed by atoms with Crippen molar-refractivity contribution in [2.75, 3.05) is 19.6 Å². The number of carbonyl (C=O) groups excluding carboxylic acids is 1. The highest BCUT2D eigenvalue weighted by Crippen LogP contribution is 2.08. The quantitative estimate of drug-likeness (QED) is 0.567. The number of amides is 2. The third kappa shape index (κ3) is 4.84. The molecule has 0 radical (unpaired) electrons. The second-order valence-corrected chi connectivity index (χ2v) is 2.27. The minimum atomic E-state index is -3.02. The van der Waals surface area contributed by atoms with Crippen LogP contribution in [0.3, 0.4) is 0 Å². The third-order valence-corrected chi connectivity index (χ3v) is 1.14. The summed E-state index contributed by atoms with van der Waals surface area (Å²) in [6, 6.07) is -0.606. The van der Waals surface area contributed by atoms with Crippen molar-refractivity contribution in [3.63, 3.8) is 0 Å². The molecular weight excluding hydrogens is 168 g/mol. The molecule has 4 N–H and O–H groups in total. The van der Waals surface area contributed by atoms with E-state index in [1.807, 2.05) is 5.32 Å². The zero-order valence-corrected chi connectivity index (χ0v) is 6.86.